The Balaban J connectivity index is 1.79. The van der Waals surface area contributed by atoms with Crippen LogP contribution < -0.4 is 5.32 Å². The normalized spacial score (nSPS) is 27.4. The lowest BCUT2D eigenvalue weighted by Crippen LogP contribution is -2.31. The number of aromatic nitrogens is 3. The maximum atomic E-state index is 4.24. The molecule has 0 aliphatic carbocycles. The number of rotatable bonds is 3. The van der Waals surface area contributed by atoms with Crippen molar-refractivity contribution in [1.29, 1.82) is 0 Å². The molecule has 2 heterocycles. The summed E-state index contributed by atoms with van der Waals surface area (Å²) in [5, 5.41) is 7.73. The van der Waals surface area contributed by atoms with E-state index >= 15 is 0 Å². The van der Waals surface area contributed by atoms with Crippen LogP contribution in [0.5, 0.6) is 0 Å². The summed E-state index contributed by atoms with van der Waals surface area (Å²) in [6.07, 6.45) is 2.95. The van der Waals surface area contributed by atoms with E-state index in [1.165, 1.54) is 6.42 Å². The molecule has 0 saturated carbocycles. The van der Waals surface area contributed by atoms with E-state index in [0.29, 0.717) is 12.1 Å². The van der Waals surface area contributed by atoms with Crippen molar-refractivity contribution >= 4 is 0 Å². The second-order valence-electron chi connectivity index (χ2n) is 4.44. The van der Waals surface area contributed by atoms with Crippen LogP contribution in [0.1, 0.15) is 19.2 Å². The van der Waals surface area contributed by atoms with Gasteiger partial charge in [0.25, 0.3) is 0 Å². The quantitative estimate of drug-likeness (QED) is 0.761. The summed E-state index contributed by atoms with van der Waals surface area (Å²) in [6.45, 7) is 4.15. The fourth-order valence-electron chi connectivity index (χ4n) is 2.04. The first-order chi connectivity index (χ1) is 7.15. The van der Waals surface area contributed by atoms with Crippen LogP contribution in [0.3, 0.4) is 0 Å². The van der Waals surface area contributed by atoms with Gasteiger partial charge in [-0.1, -0.05) is 0 Å². The van der Waals surface area contributed by atoms with Gasteiger partial charge in [0, 0.05) is 25.7 Å². The van der Waals surface area contributed by atoms with E-state index in [1.54, 1.807) is 11.0 Å². The van der Waals surface area contributed by atoms with Gasteiger partial charge in [0.1, 0.15) is 6.33 Å². The molecule has 2 unspecified atom stereocenters. The molecule has 1 saturated heterocycles. The Morgan fingerprint density at radius 3 is 2.87 bits per heavy atom. The van der Waals surface area contributed by atoms with Crippen molar-refractivity contribution in [3.8, 4) is 0 Å². The third-order valence-electron chi connectivity index (χ3n) is 3.08. The molecule has 2 atom stereocenters. The highest BCUT2D eigenvalue weighted by Crippen LogP contribution is 2.14. The summed E-state index contributed by atoms with van der Waals surface area (Å²) >= 11 is 0. The average molecular weight is 209 g/mol. The van der Waals surface area contributed by atoms with Crippen LogP contribution in [-0.4, -0.2) is 45.3 Å². The zero-order valence-corrected chi connectivity index (χ0v) is 9.64. The Kier molecular flexibility index (Phi) is 3.02. The molecule has 2 rings (SSSR count). The van der Waals surface area contributed by atoms with Gasteiger partial charge in [-0.15, -0.1) is 0 Å². The van der Waals surface area contributed by atoms with E-state index in [-0.39, 0.29) is 0 Å². The fourth-order valence-corrected chi connectivity index (χ4v) is 2.04. The van der Waals surface area contributed by atoms with E-state index in [0.717, 1.165) is 18.9 Å². The second kappa shape index (κ2) is 4.28. The lowest BCUT2D eigenvalue weighted by Gasteiger charge is -2.12. The molecule has 1 aromatic rings. The van der Waals surface area contributed by atoms with Gasteiger partial charge in [-0.25, -0.2) is 4.98 Å². The van der Waals surface area contributed by atoms with Crippen LogP contribution >= 0.6 is 0 Å². The molecule has 84 valence electrons. The lowest BCUT2D eigenvalue weighted by molar-refractivity contribution is 0.326. The number of hydrogen-bond donors (Lipinski definition) is 1. The highest BCUT2D eigenvalue weighted by molar-refractivity contribution is 4.88. The Hall–Kier alpha value is -0.940. The monoisotopic (exact) mass is 209 g/mol. The number of nitrogens with one attached hydrogen (secondary N) is 1. The number of likely N-dealkylation sites (tertiary alicyclic amines) is 1. The van der Waals surface area contributed by atoms with Crippen molar-refractivity contribution in [3.05, 3.63) is 12.2 Å². The molecule has 1 aliphatic heterocycles. The second-order valence-corrected chi connectivity index (χ2v) is 4.44. The smallest absolute Gasteiger partial charge is 0.164 e. The van der Waals surface area contributed by atoms with Crippen LogP contribution in [0, 0.1) is 0 Å². The molecule has 15 heavy (non-hydrogen) atoms. The van der Waals surface area contributed by atoms with Gasteiger partial charge in [-0.05, 0) is 20.4 Å². The van der Waals surface area contributed by atoms with Gasteiger partial charge in [-0.3, -0.25) is 4.68 Å². The van der Waals surface area contributed by atoms with Crippen molar-refractivity contribution in [2.24, 2.45) is 7.05 Å². The van der Waals surface area contributed by atoms with Crippen molar-refractivity contribution < 1.29 is 0 Å². The van der Waals surface area contributed by atoms with Gasteiger partial charge < -0.3 is 10.2 Å². The maximum absolute atomic E-state index is 4.24. The molecular formula is C10H19N5. The Bertz CT molecular complexity index is 311. The maximum Gasteiger partial charge on any atom is 0.164 e. The van der Waals surface area contributed by atoms with Gasteiger partial charge in [0.2, 0.25) is 0 Å². The van der Waals surface area contributed by atoms with Crippen LogP contribution in [-0.2, 0) is 13.6 Å². The van der Waals surface area contributed by atoms with Gasteiger partial charge in [-0.2, -0.15) is 5.10 Å². The van der Waals surface area contributed by atoms with Crippen molar-refractivity contribution in [3.63, 3.8) is 0 Å². The summed E-state index contributed by atoms with van der Waals surface area (Å²) in [5.41, 5.74) is 0. The van der Waals surface area contributed by atoms with Gasteiger partial charge >= 0.3 is 0 Å². The molecule has 1 fully saturated rings. The summed E-state index contributed by atoms with van der Waals surface area (Å²) in [6, 6.07) is 1.26. The van der Waals surface area contributed by atoms with Crippen molar-refractivity contribution in [2.45, 2.75) is 32.0 Å². The minimum atomic E-state index is 0.578. The highest BCUT2D eigenvalue weighted by Gasteiger charge is 2.25. The predicted molar refractivity (Wildman–Crippen MR) is 58.3 cm³/mol. The van der Waals surface area contributed by atoms with Crippen LogP contribution in [0.4, 0.5) is 0 Å². The van der Waals surface area contributed by atoms with Gasteiger partial charge in [0.05, 0.1) is 6.54 Å². The molecule has 0 amide bonds. The molecule has 1 aliphatic rings. The molecule has 0 aromatic carbocycles. The first kappa shape index (κ1) is 10.6. The van der Waals surface area contributed by atoms with Crippen molar-refractivity contribution in [1.82, 2.24) is 25.0 Å². The Morgan fingerprint density at radius 2 is 2.33 bits per heavy atom. The SMILES string of the molecule is CC1CC(NCc2ncn(C)n2)CN1C. The Labute approximate surface area is 90.5 Å². The topological polar surface area (TPSA) is 46.0 Å². The van der Waals surface area contributed by atoms with E-state index in [2.05, 4.69) is 34.3 Å². The molecule has 0 spiro atoms. The highest BCUT2D eigenvalue weighted by atomic mass is 15.3. The van der Waals surface area contributed by atoms with E-state index in [1.807, 2.05) is 7.05 Å². The predicted octanol–water partition coefficient (Wildman–Crippen LogP) is -0.00270. The van der Waals surface area contributed by atoms with E-state index in [4.69, 9.17) is 0 Å². The number of likely N-dealkylation sites (N-methyl/N-ethyl adjacent to an activating group) is 1. The summed E-state index contributed by atoms with van der Waals surface area (Å²) in [5.74, 6) is 0.875. The number of nitrogens with zero attached hydrogens (tertiary/aromatic N) is 4. The zero-order valence-electron chi connectivity index (χ0n) is 9.64. The van der Waals surface area contributed by atoms with Crippen LogP contribution in [0.2, 0.25) is 0 Å². The molecular weight excluding hydrogens is 190 g/mol. The summed E-state index contributed by atoms with van der Waals surface area (Å²) in [4.78, 5) is 6.57. The number of aryl methyl sites for hydroxylation is 1. The minimum absolute atomic E-state index is 0.578. The van der Waals surface area contributed by atoms with Crippen LogP contribution in [0.15, 0.2) is 6.33 Å². The summed E-state index contributed by atoms with van der Waals surface area (Å²) < 4.78 is 1.74. The fraction of sp³-hybridized carbons (Fsp3) is 0.800. The molecule has 0 bridgehead atoms. The third-order valence-corrected chi connectivity index (χ3v) is 3.08. The first-order valence-electron chi connectivity index (χ1n) is 5.43. The van der Waals surface area contributed by atoms with E-state index in [9.17, 15) is 0 Å². The molecule has 1 N–H and O–H groups in total. The van der Waals surface area contributed by atoms with Gasteiger partial charge in [0.15, 0.2) is 5.82 Å². The summed E-state index contributed by atoms with van der Waals surface area (Å²) in [7, 11) is 4.06. The Morgan fingerprint density at radius 1 is 1.53 bits per heavy atom. The lowest BCUT2D eigenvalue weighted by atomic mass is 10.2. The third kappa shape index (κ3) is 2.54. The first-order valence-corrected chi connectivity index (χ1v) is 5.43. The number of hydrogen-bond acceptors (Lipinski definition) is 4. The van der Waals surface area contributed by atoms with E-state index < -0.39 is 0 Å². The molecule has 0 radical (unpaired) electrons. The molecule has 5 heteroatoms. The minimum Gasteiger partial charge on any atom is -0.306 e. The largest absolute Gasteiger partial charge is 0.306 e. The zero-order chi connectivity index (χ0) is 10.8. The average Bonchev–Trinajstić information content (AvgIpc) is 2.72. The molecule has 5 nitrogen and oxygen atoms in total. The molecule has 1 aromatic heterocycles. The standard InChI is InChI=1S/C10H19N5/c1-8-4-9(6-14(8)2)11-5-10-12-7-15(3)13-10/h7-9,11H,4-6H2,1-3H3. The van der Waals surface area contributed by atoms with Crippen LogP contribution in [0.25, 0.3) is 0 Å². The van der Waals surface area contributed by atoms with Crippen molar-refractivity contribution in [2.75, 3.05) is 13.6 Å².